The van der Waals surface area contributed by atoms with E-state index in [0.717, 1.165) is 24.6 Å². The number of nitrogens with zero attached hydrogens (tertiary/aromatic N) is 4. The summed E-state index contributed by atoms with van der Waals surface area (Å²) in [6.45, 7) is 8.23. The van der Waals surface area contributed by atoms with Crippen LogP contribution in [0.2, 0.25) is 0 Å². The van der Waals surface area contributed by atoms with Crippen LogP contribution in [0.25, 0.3) is 11.1 Å². The number of rotatable bonds is 6. The van der Waals surface area contributed by atoms with Crippen LogP contribution in [0.5, 0.6) is 0 Å². The zero-order valence-electron chi connectivity index (χ0n) is 20.6. The summed E-state index contributed by atoms with van der Waals surface area (Å²) in [6, 6.07) is 6.85. The smallest absolute Gasteiger partial charge is 0.149 e. The lowest BCUT2D eigenvalue weighted by atomic mass is 9.72. The predicted molar refractivity (Wildman–Crippen MR) is 135 cm³/mol. The van der Waals surface area contributed by atoms with E-state index in [1.54, 1.807) is 0 Å². The van der Waals surface area contributed by atoms with Crippen molar-refractivity contribution in [3.05, 3.63) is 36.3 Å². The van der Waals surface area contributed by atoms with Crippen LogP contribution in [-0.2, 0) is 4.74 Å². The minimum absolute atomic E-state index is 0.428. The SMILES string of the molecule is CC1(CN2CCC3(CCOC3)CC2)CCC(Nc2cc(-c3cccnc3C3CC3)cnn2)CC1. The fourth-order valence-electron chi connectivity index (χ4n) is 6.52. The molecule has 0 bridgehead atoms. The van der Waals surface area contributed by atoms with Gasteiger partial charge >= 0.3 is 0 Å². The van der Waals surface area contributed by atoms with Gasteiger partial charge in [0.2, 0.25) is 0 Å². The molecular weight excluding hydrogens is 422 g/mol. The van der Waals surface area contributed by atoms with Crippen LogP contribution in [0.15, 0.2) is 30.6 Å². The first-order valence-electron chi connectivity index (χ1n) is 13.4. The van der Waals surface area contributed by atoms with Gasteiger partial charge in [0.25, 0.3) is 0 Å². The van der Waals surface area contributed by atoms with Crippen molar-refractivity contribution in [3.8, 4) is 11.1 Å². The molecule has 2 aliphatic heterocycles. The lowest BCUT2D eigenvalue weighted by Gasteiger charge is -2.45. The van der Waals surface area contributed by atoms with Crippen molar-refractivity contribution in [3.63, 3.8) is 0 Å². The van der Waals surface area contributed by atoms with Crippen LogP contribution >= 0.6 is 0 Å². The Morgan fingerprint density at radius 2 is 1.91 bits per heavy atom. The minimum Gasteiger partial charge on any atom is -0.381 e. The van der Waals surface area contributed by atoms with Gasteiger partial charge < -0.3 is 15.0 Å². The quantitative estimate of drug-likeness (QED) is 0.632. The summed E-state index contributed by atoms with van der Waals surface area (Å²) in [5, 5.41) is 12.4. The van der Waals surface area contributed by atoms with Crippen molar-refractivity contribution in [2.24, 2.45) is 10.8 Å². The van der Waals surface area contributed by atoms with Gasteiger partial charge in [-0.15, -0.1) is 5.10 Å². The predicted octanol–water partition coefficient (Wildman–Crippen LogP) is 5.28. The van der Waals surface area contributed by atoms with Gasteiger partial charge in [-0.05, 0) is 93.8 Å². The summed E-state index contributed by atoms with van der Waals surface area (Å²) in [5.74, 6) is 1.52. The second kappa shape index (κ2) is 9.19. The van der Waals surface area contributed by atoms with Crippen molar-refractivity contribution in [1.82, 2.24) is 20.1 Å². The molecule has 2 aromatic rings. The van der Waals surface area contributed by atoms with E-state index >= 15 is 0 Å². The second-order valence-electron chi connectivity index (χ2n) is 11.8. The third-order valence-corrected chi connectivity index (χ3v) is 9.02. The van der Waals surface area contributed by atoms with Crippen molar-refractivity contribution in [2.45, 2.75) is 76.7 Å². The van der Waals surface area contributed by atoms with Gasteiger partial charge in [0, 0.05) is 42.4 Å². The monoisotopic (exact) mass is 461 g/mol. The molecule has 0 aromatic carbocycles. The highest BCUT2D eigenvalue weighted by Crippen LogP contribution is 2.44. The Balaban J connectivity index is 1.03. The zero-order chi connectivity index (χ0) is 23.0. The maximum absolute atomic E-state index is 5.72. The zero-order valence-corrected chi connectivity index (χ0v) is 20.6. The van der Waals surface area contributed by atoms with E-state index in [9.17, 15) is 0 Å². The molecule has 2 saturated heterocycles. The molecule has 4 aliphatic rings. The fraction of sp³-hybridized carbons (Fsp3) is 0.679. The maximum Gasteiger partial charge on any atom is 0.149 e. The Morgan fingerprint density at radius 3 is 2.65 bits per heavy atom. The molecule has 34 heavy (non-hydrogen) atoms. The van der Waals surface area contributed by atoms with Crippen LogP contribution < -0.4 is 5.32 Å². The Morgan fingerprint density at radius 1 is 1.09 bits per heavy atom. The highest BCUT2D eigenvalue weighted by atomic mass is 16.5. The highest BCUT2D eigenvalue weighted by Gasteiger charge is 2.40. The highest BCUT2D eigenvalue weighted by molar-refractivity contribution is 5.68. The Hall–Kier alpha value is -2.05. The van der Waals surface area contributed by atoms with Crippen molar-refractivity contribution < 1.29 is 4.74 Å². The fourth-order valence-corrected chi connectivity index (χ4v) is 6.52. The number of piperidine rings is 1. The van der Waals surface area contributed by atoms with E-state index in [0.29, 0.717) is 22.8 Å². The standard InChI is InChI=1S/C28H39N5O/c1-27(19-33-14-10-28(11-15-33)12-16-34-20-28)8-6-23(7-9-27)31-25-17-22(18-30-32-25)24-3-2-13-29-26(24)21-4-5-21/h2-3,13,17-18,21,23H,4-12,14-16,19-20H2,1H3,(H,31,32). The normalized spacial score (nSPS) is 29.4. The molecule has 4 fully saturated rings. The third-order valence-electron chi connectivity index (χ3n) is 9.02. The summed E-state index contributed by atoms with van der Waals surface area (Å²) >= 11 is 0. The van der Waals surface area contributed by atoms with Crippen molar-refractivity contribution >= 4 is 5.82 Å². The molecular formula is C28H39N5O. The molecule has 2 saturated carbocycles. The van der Waals surface area contributed by atoms with E-state index in [2.05, 4.69) is 44.5 Å². The summed E-state index contributed by atoms with van der Waals surface area (Å²) < 4.78 is 5.72. The van der Waals surface area contributed by atoms with Gasteiger partial charge in [-0.3, -0.25) is 4.98 Å². The molecule has 6 nitrogen and oxygen atoms in total. The molecule has 6 rings (SSSR count). The number of anilines is 1. The molecule has 1 N–H and O–H groups in total. The average Bonchev–Trinajstić information content (AvgIpc) is 3.62. The van der Waals surface area contributed by atoms with Crippen LogP contribution in [0.1, 0.15) is 76.3 Å². The van der Waals surface area contributed by atoms with Crippen LogP contribution in [0.3, 0.4) is 0 Å². The van der Waals surface area contributed by atoms with E-state index in [1.807, 2.05) is 18.5 Å². The summed E-state index contributed by atoms with van der Waals surface area (Å²) in [4.78, 5) is 7.40. The summed E-state index contributed by atoms with van der Waals surface area (Å²) in [5.41, 5.74) is 4.50. The number of hydrogen-bond acceptors (Lipinski definition) is 6. The first kappa shape index (κ1) is 22.4. The number of hydrogen-bond donors (Lipinski definition) is 1. The lowest BCUT2D eigenvalue weighted by Crippen LogP contribution is -2.46. The molecule has 0 amide bonds. The first-order chi connectivity index (χ1) is 16.6. The van der Waals surface area contributed by atoms with Gasteiger partial charge in [-0.1, -0.05) is 13.0 Å². The van der Waals surface area contributed by atoms with Gasteiger partial charge in [0.15, 0.2) is 0 Å². The van der Waals surface area contributed by atoms with Gasteiger partial charge in [-0.2, -0.15) is 5.10 Å². The Bertz CT molecular complexity index is 982. The number of aromatic nitrogens is 3. The molecule has 182 valence electrons. The number of ether oxygens (including phenoxy) is 1. The molecule has 2 aromatic heterocycles. The lowest BCUT2D eigenvalue weighted by molar-refractivity contribution is 0.0461. The largest absolute Gasteiger partial charge is 0.381 e. The Labute approximate surface area is 203 Å². The van der Waals surface area contributed by atoms with E-state index in [4.69, 9.17) is 4.74 Å². The minimum atomic E-state index is 0.428. The Kier molecular flexibility index (Phi) is 6.06. The van der Waals surface area contributed by atoms with Crippen LogP contribution in [0.4, 0.5) is 5.82 Å². The van der Waals surface area contributed by atoms with Gasteiger partial charge in [-0.25, -0.2) is 0 Å². The third kappa shape index (κ3) is 4.85. The maximum atomic E-state index is 5.72. The number of pyridine rings is 1. The van der Waals surface area contributed by atoms with E-state index in [1.165, 1.54) is 88.7 Å². The molecule has 6 heteroatoms. The second-order valence-corrected chi connectivity index (χ2v) is 11.8. The summed E-state index contributed by atoms with van der Waals surface area (Å²) in [7, 11) is 0. The molecule has 4 heterocycles. The summed E-state index contributed by atoms with van der Waals surface area (Å²) in [6.07, 6.45) is 15.2. The van der Waals surface area contributed by atoms with Crippen LogP contribution in [0, 0.1) is 10.8 Å². The molecule has 0 atom stereocenters. The van der Waals surface area contributed by atoms with Crippen LogP contribution in [-0.4, -0.2) is 59.0 Å². The average molecular weight is 462 g/mol. The topological polar surface area (TPSA) is 63.2 Å². The van der Waals surface area contributed by atoms with Gasteiger partial charge in [0.05, 0.1) is 18.5 Å². The van der Waals surface area contributed by atoms with E-state index in [-0.39, 0.29) is 0 Å². The molecule has 0 radical (unpaired) electrons. The van der Waals surface area contributed by atoms with Gasteiger partial charge in [0.1, 0.15) is 5.82 Å². The first-order valence-corrected chi connectivity index (χ1v) is 13.4. The molecule has 1 spiro atoms. The van der Waals surface area contributed by atoms with Crippen molar-refractivity contribution in [1.29, 1.82) is 0 Å². The van der Waals surface area contributed by atoms with E-state index < -0.39 is 0 Å². The molecule has 0 unspecified atom stereocenters. The molecule has 2 aliphatic carbocycles. The number of likely N-dealkylation sites (tertiary alicyclic amines) is 1. The van der Waals surface area contributed by atoms with Crippen molar-refractivity contribution in [2.75, 3.05) is 38.2 Å². The number of nitrogens with one attached hydrogen (secondary N) is 1.